The van der Waals surface area contributed by atoms with Crippen LogP contribution >= 0.6 is 11.6 Å². The van der Waals surface area contributed by atoms with E-state index in [0.29, 0.717) is 17.2 Å². The number of pyridine rings is 1. The van der Waals surface area contributed by atoms with Gasteiger partial charge in [0.15, 0.2) is 0 Å². The second kappa shape index (κ2) is 9.19. The van der Waals surface area contributed by atoms with Crippen molar-refractivity contribution >= 4 is 28.4 Å². The third kappa shape index (κ3) is 4.70. The Morgan fingerprint density at radius 3 is 2.58 bits per heavy atom. The third-order valence-electron chi connectivity index (χ3n) is 5.12. The molecule has 1 atom stereocenters. The quantitative estimate of drug-likeness (QED) is 0.382. The zero-order chi connectivity index (χ0) is 21.8. The molecule has 0 bridgehead atoms. The van der Waals surface area contributed by atoms with Crippen LogP contribution in [0.4, 0.5) is 0 Å². The normalized spacial score (nSPS) is 11.8. The second-order valence-electron chi connectivity index (χ2n) is 7.28. The van der Waals surface area contributed by atoms with Gasteiger partial charge in [-0.15, -0.1) is 0 Å². The molecule has 1 heterocycles. The Labute approximate surface area is 186 Å². The molecule has 31 heavy (non-hydrogen) atoms. The first-order chi connectivity index (χ1) is 15.0. The molecule has 0 aliphatic carbocycles. The second-order valence-corrected chi connectivity index (χ2v) is 7.72. The number of halogens is 1. The van der Waals surface area contributed by atoms with Gasteiger partial charge in [0, 0.05) is 16.0 Å². The van der Waals surface area contributed by atoms with E-state index >= 15 is 0 Å². The van der Waals surface area contributed by atoms with Crippen LogP contribution in [0.5, 0.6) is 5.75 Å². The van der Waals surface area contributed by atoms with Crippen LogP contribution < -0.4 is 10.1 Å². The number of carbonyl (C=O) groups is 1. The molecule has 1 amide bonds. The Morgan fingerprint density at radius 2 is 1.81 bits per heavy atom. The van der Waals surface area contributed by atoms with Gasteiger partial charge in [0.05, 0.1) is 29.4 Å². The van der Waals surface area contributed by atoms with Gasteiger partial charge in [0.25, 0.3) is 5.91 Å². The highest BCUT2D eigenvalue weighted by atomic mass is 35.5. The first-order valence-electron chi connectivity index (χ1n) is 10.2. The lowest BCUT2D eigenvalue weighted by Gasteiger charge is -2.16. The van der Waals surface area contributed by atoms with Crippen LogP contribution in [-0.2, 0) is 0 Å². The summed E-state index contributed by atoms with van der Waals surface area (Å²) in [5.74, 6) is 0.626. The highest BCUT2D eigenvalue weighted by Gasteiger charge is 2.17. The fraction of sp³-hybridized carbons (Fsp3) is 0.154. The minimum atomic E-state index is -0.165. The predicted molar refractivity (Wildman–Crippen MR) is 126 cm³/mol. The summed E-state index contributed by atoms with van der Waals surface area (Å²) in [5, 5.41) is 4.58. The Hall–Kier alpha value is -3.37. The molecule has 4 rings (SSSR count). The van der Waals surface area contributed by atoms with E-state index in [4.69, 9.17) is 21.3 Å². The number of nitrogens with zero attached hydrogens (tertiary/aromatic N) is 1. The van der Waals surface area contributed by atoms with Crippen molar-refractivity contribution in [3.63, 3.8) is 0 Å². The molecule has 0 aliphatic heterocycles. The van der Waals surface area contributed by atoms with Crippen LogP contribution in [0.3, 0.4) is 0 Å². The summed E-state index contributed by atoms with van der Waals surface area (Å²) in [6, 6.07) is 24.6. The van der Waals surface area contributed by atoms with Crippen molar-refractivity contribution in [2.75, 3.05) is 6.61 Å². The molecule has 0 fully saturated rings. The topological polar surface area (TPSA) is 51.2 Å². The maximum Gasteiger partial charge on any atom is 0.252 e. The Morgan fingerprint density at radius 1 is 1.03 bits per heavy atom. The zero-order valence-corrected chi connectivity index (χ0v) is 18.2. The summed E-state index contributed by atoms with van der Waals surface area (Å²) in [4.78, 5) is 18.1. The van der Waals surface area contributed by atoms with Crippen molar-refractivity contribution in [3.8, 4) is 17.0 Å². The van der Waals surface area contributed by atoms with Crippen LogP contribution in [0.2, 0.25) is 5.02 Å². The number of nitrogens with one attached hydrogen (secondary N) is 1. The third-order valence-corrected chi connectivity index (χ3v) is 5.37. The Kier molecular flexibility index (Phi) is 6.19. The van der Waals surface area contributed by atoms with Crippen molar-refractivity contribution in [3.05, 3.63) is 95.0 Å². The van der Waals surface area contributed by atoms with E-state index in [1.807, 2.05) is 92.7 Å². The number of amides is 1. The van der Waals surface area contributed by atoms with Gasteiger partial charge in [-0.1, -0.05) is 54.1 Å². The fourth-order valence-corrected chi connectivity index (χ4v) is 3.66. The average Bonchev–Trinajstić information content (AvgIpc) is 2.79. The smallest absolute Gasteiger partial charge is 0.252 e. The maximum absolute atomic E-state index is 13.3. The number of benzene rings is 3. The molecule has 4 nitrogen and oxygen atoms in total. The summed E-state index contributed by atoms with van der Waals surface area (Å²) in [7, 11) is 0. The summed E-state index contributed by atoms with van der Waals surface area (Å²) in [6.07, 6.45) is 0. The molecule has 1 N–H and O–H groups in total. The van der Waals surface area contributed by atoms with Gasteiger partial charge >= 0.3 is 0 Å². The van der Waals surface area contributed by atoms with E-state index in [2.05, 4.69) is 5.32 Å². The van der Waals surface area contributed by atoms with Crippen molar-refractivity contribution in [1.82, 2.24) is 10.3 Å². The number of para-hydroxylation sites is 1. The average molecular weight is 431 g/mol. The number of hydrogen-bond acceptors (Lipinski definition) is 3. The first kappa shape index (κ1) is 20.9. The van der Waals surface area contributed by atoms with Crippen molar-refractivity contribution in [1.29, 1.82) is 0 Å². The molecule has 4 aromatic rings. The van der Waals surface area contributed by atoms with E-state index in [1.54, 1.807) is 0 Å². The van der Waals surface area contributed by atoms with E-state index in [0.717, 1.165) is 33.5 Å². The van der Waals surface area contributed by atoms with Crippen LogP contribution in [0.15, 0.2) is 78.9 Å². The summed E-state index contributed by atoms with van der Waals surface area (Å²) < 4.78 is 5.63. The van der Waals surface area contributed by atoms with Crippen molar-refractivity contribution in [2.24, 2.45) is 0 Å². The van der Waals surface area contributed by atoms with Gasteiger partial charge in [-0.25, -0.2) is 4.98 Å². The molecule has 1 unspecified atom stereocenters. The standard InChI is InChI=1S/C26H23ClN2O2/c1-3-31-21-8-6-7-19(15-21)25-16-23(22-9-4-5-10-24(22)29-25)26(30)28-17(2)18-11-13-20(27)14-12-18/h4-17H,3H2,1-2H3,(H,28,30). The van der Waals surface area contributed by atoms with Crippen LogP contribution in [-0.4, -0.2) is 17.5 Å². The van der Waals surface area contributed by atoms with Crippen molar-refractivity contribution < 1.29 is 9.53 Å². The fourth-order valence-electron chi connectivity index (χ4n) is 3.53. The molecule has 0 saturated heterocycles. The molecule has 0 aliphatic rings. The minimum absolute atomic E-state index is 0.150. The molecule has 0 radical (unpaired) electrons. The number of ether oxygens (including phenoxy) is 1. The van der Waals surface area contributed by atoms with Crippen molar-refractivity contribution in [2.45, 2.75) is 19.9 Å². The molecule has 3 aromatic carbocycles. The first-order valence-corrected chi connectivity index (χ1v) is 10.6. The SMILES string of the molecule is CCOc1cccc(-c2cc(C(=O)NC(C)c3ccc(Cl)cc3)c3ccccc3n2)c1. The highest BCUT2D eigenvalue weighted by Crippen LogP contribution is 2.28. The lowest BCUT2D eigenvalue weighted by molar-refractivity contribution is 0.0941. The summed E-state index contributed by atoms with van der Waals surface area (Å²) in [5.41, 5.74) is 3.97. The molecule has 5 heteroatoms. The molecule has 0 saturated carbocycles. The minimum Gasteiger partial charge on any atom is -0.494 e. The Balaban J connectivity index is 1.72. The van der Waals surface area contributed by atoms with Gasteiger partial charge in [0.2, 0.25) is 0 Å². The number of carbonyl (C=O) groups excluding carboxylic acids is 1. The number of fused-ring (bicyclic) bond motifs is 1. The van der Waals surface area contributed by atoms with Crippen LogP contribution in [0.1, 0.15) is 35.8 Å². The van der Waals surface area contributed by atoms with E-state index in [-0.39, 0.29) is 11.9 Å². The van der Waals surface area contributed by atoms with Gasteiger partial charge in [-0.3, -0.25) is 4.79 Å². The monoisotopic (exact) mass is 430 g/mol. The molecular formula is C26H23ClN2O2. The maximum atomic E-state index is 13.3. The number of hydrogen-bond donors (Lipinski definition) is 1. The number of aromatic nitrogens is 1. The lowest BCUT2D eigenvalue weighted by atomic mass is 10.0. The van der Waals surface area contributed by atoms with E-state index in [1.165, 1.54) is 0 Å². The predicted octanol–water partition coefficient (Wildman–Crippen LogP) is 6.44. The molecule has 1 aromatic heterocycles. The molecular weight excluding hydrogens is 408 g/mol. The summed E-state index contributed by atoms with van der Waals surface area (Å²) in [6.45, 7) is 4.49. The van der Waals surface area contributed by atoms with Gasteiger partial charge in [0.1, 0.15) is 5.75 Å². The summed E-state index contributed by atoms with van der Waals surface area (Å²) >= 11 is 5.99. The molecule has 0 spiro atoms. The zero-order valence-electron chi connectivity index (χ0n) is 17.4. The lowest BCUT2D eigenvalue weighted by Crippen LogP contribution is -2.27. The number of rotatable bonds is 6. The molecule has 156 valence electrons. The van der Waals surface area contributed by atoms with Gasteiger partial charge in [-0.05, 0) is 55.8 Å². The van der Waals surface area contributed by atoms with E-state index < -0.39 is 0 Å². The largest absolute Gasteiger partial charge is 0.494 e. The highest BCUT2D eigenvalue weighted by molar-refractivity contribution is 6.30. The Bertz CT molecular complexity index is 1220. The van der Waals surface area contributed by atoms with Crippen LogP contribution in [0, 0.1) is 0 Å². The van der Waals surface area contributed by atoms with Gasteiger partial charge in [-0.2, -0.15) is 0 Å². The van der Waals surface area contributed by atoms with E-state index in [9.17, 15) is 4.79 Å². The van der Waals surface area contributed by atoms with Crippen LogP contribution in [0.25, 0.3) is 22.2 Å². The van der Waals surface area contributed by atoms with Gasteiger partial charge < -0.3 is 10.1 Å².